The smallest absolute Gasteiger partial charge is 0.269 e. The van der Waals surface area contributed by atoms with Crippen LogP contribution in [0.3, 0.4) is 0 Å². The zero-order chi connectivity index (χ0) is 14.3. The summed E-state index contributed by atoms with van der Waals surface area (Å²) in [4.78, 5) is 21.7. The van der Waals surface area contributed by atoms with Crippen molar-refractivity contribution in [3.63, 3.8) is 0 Å². The summed E-state index contributed by atoms with van der Waals surface area (Å²) < 4.78 is 10.5. The molecule has 6 heteroatoms. The van der Waals surface area contributed by atoms with Crippen molar-refractivity contribution in [2.75, 3.05) is 19.8 Å². The normalized spacial score (nSPS) is 12.1. The van der Waals surface area contributed by atoms with Crippen LogP contribution in [-0.4, -0.2) is 36.6 Å². The Morgan fingerprint density at radius 1 is 1.37 bits per heavy atom. The lowest BCUT2D eigenvalue weighted by atomic mass is 10.1. The number of nitro benzene ring substituents is 1. The fourth-order valence-electron chi connectivity index (χ4n) is 1.40. The number of hydrogen-bond donors (Lipinski definition) is 0. The maximum absolute atomic E-state index is 11.8. The Hall–Kier alpha value is -1.79. The Morgan fingerprint density at radius 3 is 2.53 bits per heavy atom. The minimum Gasteiger partial charge on any atom is -0.379 e. The van der Waals surface area contributed by atoms with Crippen LogP contribution in [0, 0.1) is 10.1 Å². The molecule has 0 N–H and O–H groups in total. The van der Waals surface area contributed by atoms with Crippen molar-refractivity contribution in [3.8, 4) is 0 Å². The summed E-state index contributed by atoms with van der Waals surface area (Å²) in [6, 6.07) is 5.46. The average molecular weight is 267 g/mol. The summed E-state index contributed by atoms with van der Waals surface area (Å²) in [5.74, 6) is -0.210. The largest absolute Gasteiger partial charge is 0.379 e. The molecule has 19 heavy (non-hydrogen) atoms. The first-order chi connectivity index (χ1) is 9.04. The topological polar surface area (TPSA) is 78.7 Å². The number of rotatable bonds is 8. The Balaban J connectivity index is 2.47. The zero-order valence-corrected chi connectivity index (χ0v) is 11.0. The van der Waals surface area contributed by atoms with Gasteiger partial charge >= 0.3 is 0 Å². The lowest BCUT2D eigenvalue weighted by molar-refractivity contribution is -0.384. The molecule has 0 bridgehead atoms. The van der Waals surface area contributed by atoms with E-state index >= 15 is 0 Å². The van der Waals surface area contributed by atoms with Gasteiger partial charge in [-0.05, 0) is 26.0 Å². The molecular formula is C13H17NO5. The molecule has 104 valence electrons. The Bertz CT molecular complexity index is 429. The predicted octanol–water partition coefficient (Wildman–Crippen LogP) is 2.22. The SMILES string of the molecule is CCOCC(C)OCC(=O)c1ccc([N+](=O)[O-])cc1. The van der Waals surface area contributed by atoms with Gasteiger partial charge in [0.25, 0.3) is 5.69 Å². The molecule has 0 aliphatic carbocycles. The summed E-state index contributed by atoms with van der Waals surface area (Å²) in [6.45, 7) is 4.67. The van der Waals surface area contributed by atoms with Crippen LogP contribution in [-0.2, 0) is 9.47 Å². The molecule has 0 fully saturated rings. The summed E-state index contributed by atoms with van der Waals surface area (Å²) in [7, 11) is 0. The lowest BCUT2D eigenvalue weighted by Gasteiger charge is -2.12. The van der Waals surface area contributed by atoms with E-state index in [4.69, 9.17) is 9.47 Å². The van der Waals surface area contributed by atoms with Gasteiger partial charge in [0.1, 0.15) is 6.61 Å². The van der Waals surface area contributed by atoms with E-state index in [0.29, 0.717) is 18.8 Å². The Kier molecular flexibility index (Phi) is 6.11. The highest BCUT2D eigenvalue weighted by Crippen LogP contribution is 2.12. The second-order valence-electron chi connectivity index (χ2n) is 4.01. The van der Waals surface area contributed by atoms with Gasteiger partial charge in [0.15, 0.2) is 5.78 Å². The second-order valence-corrected chi connectivity index (χ2v) is 4.01. The van der Waals surface area contributed by atoms with Crippen LogP contribution in [0.4, 0.5) is 5.69 Å². The summed E-state index contributed by atoms with van der Waals surface area (Å²) in [5.41, 5.74) is 0.358. The number of hydrogen-bond acceptors (Lipinski definition) is 5. The van der Waals surface area contributed by atoms with E-state index in [1.807, 2.05) is 13.8 Å². The average Bonchev–Trinajstić information content (AvgIpc) is 2.42. The van der Waals surface area contributed by atoms with Gasteiger partial charge < -0.3 is 9.47 Å². The monoisotopic (exact) mass is 267 g/mol. The first kappa shape index (κ1) is 15.3. The molecule has 0 radical (unpaired) electrons. The molecule has 1 unspecified atom stereocenters. The van der Waals surface area contributed by atoms with Crippen LogP contribution in [0.2, 0.25) is 0 Å². The predicted molar refractivity (Wildman–Crippen MR) is 69.3 cm³/mol. The highest BCUT2D eigenvalue weighted by molar-refractivity contribution is 5.97. The number of benzene rings is 1. The van der Waals surface area contributed by atoms with E-state index in [2.05, 4.69) is 0 Å². The number of carbonyl (C=O) groups excluding carboxylic acids is 1. The van der Waals surface area contributed by atoms with Gasteiger partial charge in [-0.3, -0.25) is 14.9 Å². The Morgan fingerprint density at radius 2 is 2.00 bits per heavy atom. The van der Waals surface area contributed by atoms with E-state index in [1.54, 1.807) is 0 Å². The molecule has 1 aromatic rings. The minimum absolute atomic E-state index is 0.0396. The molecule has 0 aromatic heterocycles. The van der Waals surface area contributed by atoms with Gasteiger partial charge in [0.2, 0.25) is 0 Å². The van der Waals surface area contributed by atoms with Gasteiger partial charge in [0.05, 0.1) is 17.6 Å². The minimum atomic E-state index is -0.505. The van der Waals surface area contributed by atoms with Gasteiger partial charge in [-0.2, -0.15) is 0 Å². The maximum Gasteiger partial charge on any atom is 0.269 e. The van der Waals surface area contributed by atoms with Crippen LogP contribution in [0.25, 0.3) is 0 Å². The molecule has 0 saturated heterocycles. The van der Waals surface area contributed by atoms with E-state index in [0.717, 1.165) is 0 Å². The van der Waals surface area contributed by atoms with Crippen LogP contribution in [0.15, 0.2) is 24.3 Å². The van der Waals surface area contributed by atoms with Crippen molar-refractivity contribution >= 4 is 11.5 Å². The fraction of sp³-hybridized carbons (Fsp3) is 0.462. The highest BCUT2D eigenvalue weighted by Gasteiger charge is 2.11. The molecule has 1 atom stereocenters. The maximum atomic E-state index is 11.8. The first-order valence-corrected chi connectivity index (χ1v) is 6.01. The van der Waals surface area contributed by atoms with Crippen LogP contribution >= 0.6 is 0 Å². The highest BCUT2D eigenvalue weighted by atomic mass is 16.6. The molecule has 0 spiro atoms. The molecular weight excluding hydrogens is 250 g/mol. The number of ether oxygens (including phenoxy) is 2. The van der Waals surface area contributed by atoms with E-state index in [1.165, 1.54) is 24.3 Å². The van der Waals surface area contributed by atoms with Crippen molar-refractivity contribution in [2.45, 2.75) is 20.0 Å². The third kappa shape index (κ3) is 5.15. The van der Waals surface area contributed by atoms with Crippen LogP contribution in [0.5, 0.6) is 0 Å². The summed E-state index contributed by atoms with van der Waals surface area (Å²) >= 11 is 0. The number of Topliss-reactive ketones (excluding diaryl/α,β-unsaturated/α-hetero) is 1. The number of nitrogens with zero attached hydrogens (tertiary/aromatic N) is 1. The molecule has 0 aliphatic heterocycles. The van der Waals surface area contributed by atoms with Crippen LogP contribution in [0.1, 0.15) is 24.2 Å². The molecule has 0 amide bonds. The molecule has 0 heterocycles. The molecule has 6 nitrogen and oxygen atoms in total. The number of non-ortho nitro benzene ring substituents is 1. The number of ketones is 1. The first-order valence-electron chi connectivity index (χ1n) is 6.01. The molecule has 0 aliphatic rings. The molecule has 0 saturated carbocycles. The van der Waals surface area contributed by atoms with Gasteiger partial charge in [-0.1, -0.05) is 0 Å². The van der Waals surface area contributed by atoms with Crippen molar-refractivity contribution in [1.29, 1.82) is 0 Å². The fourth-order valence-corrected chi connectivity index (χ4v) is 1.40. The standard InChI is InChI=1S/C13H17NO5/c1-3-18-8-10(2)19-9-13(15)11-4-6-12(7-5-11)14(16)17/h4-7,10H,3,8-9H2,1-2H3. The Labute approximate surface area is 111 Å². The molecule has 1 rings (SSSR count). The second kappa shape index (κ2) is 7.60. The van der Waals surface area contributed by atoms with E-state index < -0.39 is 4.92 Å². The number of carbonyl (C=O) groups is 1. The third-order valence-electron chi connectivity index (χ3n) is 2.46. The summed E-state index contributed by atoms with van der Waals surface area (Å²) in [6.07, 6.45) is -0.165. The van der Waals surface area contributed by atoms with Crippen molar-refractivity contribution in [1.82, 2.24) is 0 Å². The quantitative estimate of drug-likeness (QED) is 0.410. The van der Waals surface area contributed by atoms with E-state index in [-0.39, 0.29) is 24.2 Å². The van der Waals surface area contributed by atoms with Gasteiger partial charge in [-0.25, -0.2) is 0 Å². The van der Waals surface area contributed by atoms with Gasteiger partial charge in [-0.15, -0.1) is 0 Å². The number of nitro groups is 1. The van der Waals surface area contributed by atoms with Crippen LogP contribution < -0.4 is 0 Å². The van der Waals surface area contributed by atoms with Gasteiger partial charge in [0, 0.05) is 24.3 Å². The summed E-state index contributed by atoms with van der Waals surface area (Å²) in [5, 5.41) is 10.5. The third-order valence-corrected chi connectivity index (χ3v) is 2.46. The van der Waals surface area contributed by atoms with Crippen molar-refractivity contribution in [2.24, 2.45) is 0 Å². The lowest BCUT2D eigenvalue weighted by Crippen LogP contribution is -2.20. The van der Waals surface area contributed by atoms with Crippen molar-refractivity contribution < 1.29 is 19.2 Å². The van der Waals surface area contributed by atoms with Crippen molar-refractivity contribution in [3.05, 3.63) is 39.9 Å². The molecule has 1 aromatic carbocycles. The zero-order valence-electron chi connectivity index (χ0n) is 11.0. The van der Waals surface area contributed by atoms with E-state index in [9.17, 15) is 14.9 Å².